The van der Waals surface area contributed by atoms with Crippen LogP contribution in [0.4, 0.5) is 5.82 Å². The van der Waals surface area contributed by atoms with Gasteiger partial charge in [0.2, 0.25) is 5.82 Å². The molecule has 5 aromatic rings. The highest BCUT2D eigenvalue weighted by Crippen LogP contribution is 2.26. The second-order valence-electron chi connectivity index (χ2n) is 8.59. The van der Waals surface area contributed by atoms with Gasteiger partial charge in [-0.15, -0.1) is 16.4 Å². The predicted octanol–water partition coefficient (Wildman–Crippen LogP) is 3.48. The molecule has 0 aliphatic carbocycles. The molecule has 0 saturated carbocycles. The van der Waals surface area contributed by atoms with Gasteiger partial charge < -0.3 is 10.6 Å². The number of para-hydroxylation sites is 2. The highest BCUT2D eigenvalue weighted by molar-refractivity contribution is 7.13. The zero-order chi connectivity index (χ0) is 24.5. The van der Waals surface area contributed by atoms with Crippen molar-refractivity contribution in [3.05, 3.63) is 83.8 Å². The Labute approximate surface area is 211 Å². The molecule has 0 radical (unpaired) electrons. The van der Waals surface area contributed by atoms with Crippen LogP contribution in [0.25, 0.3) is 27.3 Å². The van der Waals surface area contributed by atoms with Crippen LogP contribution in [0.1, 0.15) is 16.4 Å². The van der Waals surface area contributed by atoms with Gasteiger partial charge in [0, 0.05) is 31.6 Å². The van der Waals surface area contributed by atoms with E-state index in [0.717, 1.165) is 21.5 Å². The van der Waals surface area contributed by atoms with Crippen LogP contribution in [0.15, 0.2) is 72.1 Å². The van der Waals surface area contributed by atoms with Crippen LogP contribution < -0.4 is 5.73 Å². The molecule has 9 nitrogen and oxygen atoms in total. The van der Waals surface area contributed by atoms with Crippen LogP contribution in [0.5, 0.6) is 0 Å². The number of hydrogen-bond donors (Lipinski definition) is 1. The quantitative estimate of drug-likeness (QED) is 0.397. The molecular formula is C26H24N8OS. The number of carbonyl (C=O) groups excluding carboxylic acids is 1. The topological polar surface area (TPSA) is 106 Å². The fourth-order valence-electron chi connectivity index (χ4n) is 4.39. The van der Waals surface area contributed by atoms with Gasteiger partial charge in [0.15, 0.2) is 5.82 Å². The van der Waals surface area contributed by atoms with Crippen molar-refractivity contribution in [2.75, 3.05) is 31.9 Å². The normalized spacial score (nSPS) is 14.4. The Morgan fingerprint density at radius 3 is 2.44 bits per heavy atom. The highest BCUT2D eigenvalue weighted by Gasteiger charge is 2.27. The number of aromatic nitrogens is 5. The lowest BCUT2D eigenvalue weighted by Crippen LogP contribution is -2.48. The third-order valence-corrected chi connectivity index (χ3v) is 7.11. The number of rotatable bonds is 5. The molecule has 1 aliphatic rings. The fraction of sp³-hybridized carbons (Fsp3) is 0.192. The third-order valence-electron chi connectivity index (χ3n) is 6.24. The van der Waals surface area contributed by atoms with Crippen molar-refractivity contribution in [2.45, 2.75) is 6.54 Å². The molecule has 1 saturated heterocycles. The Morgan fingerprint density at radius 2 is 1.67 bits per heavy atom. The minimum Gasteiger partial charge on any atom is -0.383 e. The summed E-state index contributed by atoms with van der Waals surface area (Å²) in [5, 5.41) is 7.47. The number of amides is 1. The van der Waals surface area contributed by atoms with E-state index in [-0.39, 0.29) is 11.7 Å². The lowest BCUT2D eigenvalue weighted by Gasteiger charge is -2.33. The Morgan fingerprint density at radius 1 is 0.889 bits per heavy atom. The van der Waals surface area contributed by atoms with Gasteiger partial charge >= 0.3 is 0 Å². The maximum atomic E-state index is 13.4. The van der Waals surface area contributed by atoms with Crippen LogP contribution in [-0.2, 0) is 6.54 Å². The molecular weight excluding hydrogens is 472 g/mol. The van der Waals surface area contributed by atoms with E-state index in [9.17, 15) is 4.79 Å². The summed E-state index contributed by atoms with van der Waals surface area (Å²) in [5.41, 5.74) is 7.85. The third kappa shape index (κ3) is 4.32. The Kier molecular flexibility index (Phi) is 5.88. The van der Waals surface area contributed by atoms with E-state index in [1.54, 1.807) is 16.0 Å². The molecule has 6 rings (SSSR count). The van der Waals surface area contributed by atoms with Crippen molar-refractivity contribution in [3.63, 3.8) is 0 Å². The van der Waals surface area contributed by atoms with Crippen LogP contribution >= 0.6 is 11.3 Å². The molecule has 0 unspecified atom stereocenters. The molecule has 0 bridgehead atoms. The summed E-state index contributed by atoms with van der Waals surface area (Å²) >= 11 is 1.57. The van der Waals surface area contributed by atoms with Gasteiger partial charge in [-0.2, -0.15) is 0 Å². The molecule has 1 fully saturated rings. The van der Waals surface area contributed by atoms with Crippen molar-refractivity contribution in [1.29, 1.82) is 0 Å². The van der Waals surface area contributed by atoms with Crippen LogP contribution in [0.3, 0.4) is 0 Å². The van der Waals surface area contributed by atoms with Gasteiger partial charge in [-0.25, -0.2) is 19.6 Å². The van der Waals surface area contributed by atoms with Gasteiger partial charge in [-0.1, -0.05) is 36.4 Å². The monoisotopic (exact) mass is 496 g/mol. The van der Waals surface area contributed by atoms with Crippen molar-refractivity contribution in [1.82, 2.24) is 34.5 Å². The molecule has 2 aromatic carbocycles. The summed E-state index contributed by atoms with van der Waals surface area (Å²) in [7, 11) is 0. The molecule has 0 spiro atoms. The molecule has 4 heterocycles. The molecule has 36 heavy (non-hydrogen) atoms. The average molecular weight is 497 g/mol. The Balaban J connectivity index is 1.17. The van der Waals surface area contributed by atoms with E-state index in [0.29, 0.717) is 50.2 Å². The maximum Gasteiger partial charge on any atom is 0.293 e. The zero-order valence-electron chi connectivity index (χ0n) is 19.5. The first-order chi connectivity index (χ1) is 17.7. The van der Waals surface area contributed by atoms with E-state index in [1.165, 1.54) is 0 Å². The van der Waals surface area contributed by atoms with E-state index in [1.807, 2.05) is 77.0 Å². The molecule has 3 aromatic heterocycles. The summed E-state index contributed by atoms with van der Waals surface area (Å²) in [5.74, 6) is 1.90. The second-order valence-corrected chi connectivity index (χ2v) is 9.54. The number of nitrogens with two attached hydrogens (primary N) is 1. The number of nitrogen functional groups attached to an aromatic ring is 1. The van der Waals surface area contributed by atoms with Crippen molar-refractivity contribution in [2.24, 2.45) is 0 Å². The molecule has 1 aliphatic heterocycles. The minimum absolute atomic E-state index is 0.159. The first kappa shape index (κ1) is 22.3. The van der Waals surface area contributed by atoms with Crippen molar-refractivity contribution >= 4 is 34.0 Å². The zero-order valence-corrected chi connectivity index (χ0v) is 20.3. The van der Waals surface area contributed by atoms with Gasteiger partial charge in [-0.05, 0) is 35.7 Å². The molecule has 2 N–H and O–H groups in total. The average Bonchev–Trinajstić information content (AvgIpc) is 3.60. The van der Waals surface area contributed by atoms with Crippen molar-refractivity contribution < 1.29 is 4.79 Å². The second kappa shape index (κ2) is 9.48. The standard InChI is InChI=1S/C26H24N8OS/c27-23-19-9-4-5-10-20(19)28-22(29-23)17-32-12-14-33(15-13-32)26(35)24-30-25(21-11-6-16-36-21)34(31-24)18-7-2-1-3-8-18/h1-11,16H,12-15,17H2,(H2,27,28,29). The van der Waals surface area contributed by atoms with E-state index < -0.39 is 0 Å². The summed E-state index contributed by atoms with van der Waals surface area (Å²) in [6.07, 6.45) is 0. The number of benzene rings is 2. The smallest absolute Gasteiger partial charge is 0.293 e. The summed E-state index contributed by atoms with van der Waals surface area (Å²) in [6, 6.07) is 21.5. The van der Waals surface area contributed by atoms with Crippen LogP contribution in [0.2, 0.25) is 0 Å². The number of fused-ring (bicyclic) bond motifs is 1. The first-order valence-electron chi connectivity index (χ1n) is 11.7. The first-order valence-corrected chi connectivity index (χ1v) is 12.6. The largest absolute Gasteiger partial charge is 0.383 e. The van der Waals surface area contributed by atoms with Crippen LogP contribution in [0, 0.1) is 0 Å². The molecule has 1 amide bonds. The number of thiophene rings is 1. The number of hydrogen-bond acceptors (Lipinski definition) is 8. The summed E-state index contributed by atoms with van der Waals surface area (Å²) < 4.78 is 1.75. The van der Waals surface area contributed by atoms with Gasteiger partial charge in [0.05, 0.1) is 22.6 Å². The van der Waals surface area contributed by atoms with E-state index in [2.05, 4.69) is 25.0 Å². The lowest BCUT2D eigenvalue weighted by molar-refractivity contribution is 0.0614. The number of carbonyl (C=O) groups is 1. The molecule has 10 heteroatoms. The number of piperazine rings is 1. The minimum atomic E-state index is -0.159. The number of nitrogens with zero attached hydrogens (tertiary/aromatic N) is 7. The Hall–Kier alpha value is -4.15. The SMILES string of the molecule is Nc1nc(CN2CCN(C(=O)c3nc(-c4cccs4)n(-c4ccccc4)n3)CC2)nc2ccccc12. The number of anilines is 1. The highest BCUT2D eigenvalue weighted by atomic mass is 32.1. The predicted molar refractivity (Wildman–Crippen MR) is 140 cm³/mol. The molecule has 180 valence electrons. The lowest BCUT2D eigenvalue weighted by atomic mass is 10.2. The fourth-order valence-corrected chi connectivity index (χ4v) is 5.09. The van der Waals surface area contributed by atoms with Gasteiger partial charge in [0.25, 0.3) is 5.91 Å². The van der Waals surface area contributed by atoms with E-state index >= 15 is 0 Å². The van der Waals surface area contributed by atoms with Crippen molar-refractivity contribution in [3.8, 4) is 16.4 Å². The van der Waals surface area contributed by atoms with Crippen LogP contribution in [-0.4, -0.2) is 66.6 Å². The summed E-state index contributed by atoms with van der Waals surface area (Å²) in [6.45, 7) is 3.16. The maximum absolute atomic E-state index is 13.4. The molecule has 0 atom stereocenters. The Bertz CT molecular complexity index is 1510. The van der Waals surface area contributed by atoms with Gasteiger partial charge in [-0.3, -0.25) is 9.69 Å². The summed E-state index contributed by atoms with van der Waals surface area (Å²) in [4.78, 5) is 32.2. The van der Waals surface area contributed by atoms with E-state index in [4.69, 9.17) is 5.73 Å². The van der Waals surface area contributed by atoms with Gasteiger partial charge in [0.1, 0.15) is 11.6 Å².